The van der Waals surface area contributed by atoms with Gasteiger partial charge in [-0.3, -0.25) is 9.59 Å². The molecule has 2 aromatic carbocycles. The Bertz CT molecular complexity index is 1630. The normalized spacial score (nSPS) is 12.1. The highest BCUT2D eigenvalue weighted by molar-refractivity contribution is 6.02. The van der Waals surface area contributed by atoms with Crippen molar-refractivity contribution < 1.29 is 14.3 Å². The van der Waals surface area contributed by atoms with Crippen LogP contribution < -0.4 is 20.3 Å². The standard InChI is InChI=1S/C31H35N7O3/c1-6-29(40)33-25-17-26(28(41-5)18-27(25)37(4)16-15-36(3)20(2)39)35-31-32-13-12-24(34-31)23-19-38-14-8-10-21-9-7-11-22(23)30(21)38/h6-7,9,11-13,17-19H,1,8,10,14-16H2,2-5H3,(H,33,40)(H,32,34,35). The van der Waals surface area contributed by atoms with Crippen molar-refractivity contribution >= 4 is 45.7 Å². The lowest BCUT2D eigenvalue weighted by Crippen LogP contribution is -2.33. The molecule has 10 nitrogen and oxygen atoms in total. The highest BCUT2D eigenvalue weighted by Gasteiger charge is 2.19. The summed E-state index contributed by atoms with van der Waals surface area (Å²) >= 11 is 0. The molecule has 2 amide bonds. The summed E-state index contributed by atoms with van der Waals surface area (Å²) in [6.07, 6.45) is 7.34. The largest absolute Gasteiger partial charge is 0.494 e. The van der Waals surface area contributed by atoms with E-state index in [1.807, 2.05) is 24.1 Å². The lowest BCUT2D eigenvalue weighted by atomic mass is 10.0. The Hall–Kier alpha value is -4.86. The number of rotatable bonds is 10. The molecule has 1 aliphatic heterocycles. The third kappa shape index (κ3) is 5.72. The van der Waals surface area contributed by atoms with Crippen LogP contribution in [0.1, 0.15) is 18.9 Å². The molecule has 41 heavy (non-hydrogen) atoms. The molecule has 0 radical (unpaired) electrons. The molecule has 5 rings (SSSR count). The van der Waals surface area contributed by atoms with Gasteiger partial charge >= 0.3 is 0 Å². The number of methoxy groups -OCH3 is 1. The molecular weight excluding hydrogens is 518 g/mol. The summed E-state index contributed by atoms with van der Waals surface area (Å²) in [4.78, 5) is 36.9. The molecular formula is C31H35N7O3. The van der Waals surface area contributed by atoms with Crippen molar-refractivity contribution in [2.45, 2.75) is 26.3 Å². The third-order valence-corrected chi connectivity index (χ3v) is 7.49. The summed E-state index contributed by atoms with van der Waals surface area (Å²) in [5.74, 6) is 0.584. The molecule has 0 fully saturated rings. The van der Waals surface area contributed by atoms with E-state index in [-0.39, 0.29) is 11.8 Å². The molecule has 0 saturated heterocycles. The first-order chi connectivity index (χ1) is 19.8. The predicted molar refractivity (Wildman–Crippen MR) is 163 cm³/mol. The zero-order chi connectivity index (χ0) is 29.1. The van der Waals surface area contributed by atoms with E-state index in [1.54, 1.807) is 31.3 Å². The van der Waals surface area contributed by atoms with Crippen molar-refractivity contribution in [2.75, 3.05) is 49.8 Å². The second-order valence-electron chi connectivity index (χ2n) is 10.2. The number of hydrogen-bond donors (Lipinski definition) is 2. The molecule has 0 unspecified atom stereocenters. The maximum Gasteiger partial charge on any atom is 0.247 e. The lowest BCUT2D eigenvalue weighted by Gasteiger charge is -2.26. The number of hydrogen-bond acceptors (Lipinski definition) is 7. The first kappa shape index (κ1) is 27.7. The Morgan fingerprint density at radius 2 is 2.00 bits per heavy atom. The molecule has 0 aliphatic carbocycles. The number of benzene rings is 2. The van der Waals surface area contributed by atoms with Crippen LogP contribution in [-0.4, -0.2) is 65.5 Å². The molecule has 3 heterocycles. The van der Waals surface area contributed by atoms with Crippen LogP contribution in [-0.2, 0) is 22.6 Å². The van der Waals surface area contributed by atoms with E-state index in [0.29, 0.717) is 36.2 Å². The van der Waals surface area contributed by atoms with Crippen LogP contribution in [0.4, 0.5) is 23.0 Å². The number of ether oxygens (including phenoxy) is 1. The number of likely N-dealkylation sites (N-methyl/N-ethyl adjacent to an activating group) is 2. The Labute approximate surface area is 239 Å². The average Bonchev–Trinajstić information content (AvgIpc) is 3.36. The molecule has 0 atom stereocenters. The van der Waals surface area contributed by atoms with Crippen molar-refractivity contribution in [3.05, 3.63) is 67.0 Å². The van der Waals surface area contributed by atoms with Crippen molar-refractivity contribution in [1.82, 2.24) is 19.4 Å². The van der Waals surface area contributed by atoms with E-state index in [2.05, 4.69) is 51.2 Å². The molecule has 2 aromatic heterocycles. The summed E-state index contributed by atoms with van der Waals surface area (Å²) in [6.45, 7) is 7.16. The molecule has 0 saturated carbocycles. The second-order valence-corrected chi connectivity index (χ2v) is 10.2. The predicted octanol–water partition coefficient (Wildman–Crippen LogP) is 4.84. The van der Waals surface area contributed by atoms with Gasteiger partial charge in [-0.25, -0.2) is 9.97 Å². The Balaban J connectivity index is 1.48. The fourth-order valence-corrected chi connectivity index (χ4v) is 5.16. The highest BCUT2D eigenvalue weighted by atomic mass is 16.5. The monoisotopic (exact) mass is 553 g/mol. The van der Waals surface area contributed by atoms with Gasteiger partial charge in [0.1, 0.15) is 5.75 Å². The number of para-hydroxylation sites is 1. The summed E-state index contributed by atoms with van der Waals surface area (Å²) in [7, 11) is 5.23. The van der Waals surface area contributed by atoms with Gasteiger partial charge in [0.2, 0.25) is 17.8 Å². The molecule has 0 spiro atoms. The van der Waals surface area contributed by atoms with Crippen LogP contribution in [0.2, 0.25) is 0 Å². The zero-order valence-electron chi connectivity index (χ0n) is 23.9. The fourth-order valence-electron chi connectivity index (χ4n) is 5.16. The molecule has 10 heteroatoms. The summed E-state index contributed by atoms with van der Waals surface area (Å²) in [5, 5.41) is 7.36. The van der Waals surface area contributed by atoms with E-state index in [1.165, 1.54) is 29.5 Å². The minimum Gasteiger partial charge on any atom is -0.494 e. The number of carbonyl (C=O) groups is 2. The van der Waals surface area contributed by atoms with Crippen LogP contribution in [0.3, 0.4) is 0 Å². The van der Waals surface area contributed by atoms with E-state index < -0.39 is 0 Å². The zero-order valence-corrected chi connectivity index (χ0v) is 23.9. The van der Waals surface area contributed by atoms with Gasteiger partial charge in [-0.15, -0.1) is 0 Å². The maximum atomic E-state index is 12.3. The number of carbonyl (C=O) groups excluding carboxylic acids is 2. The number of amides is 2. The van der Waals surface area contributed by atoms with E-state index >= 15 is 0 Å². The molecule has 2 N–H and O–H groups in total. The van der Waals surface area contributed by atoms with Crippen LogP contribution in [0.25, 0.3) is 22.2 Å². The minimum absolute atomic E-state index is 0.0179. The summed E-state index contributed by atoms with van der Waals surface area (Å²) in [6, 6.07) is 12.0. The van der Waals surface area contributed by atoms with Gasteiger partial charge in [0.25, 0.3) is 0 Å². The van der Waals surface area contributed by atoms with E-state index in [0.717, 1.165) is 36.3 Å². The smallest absolute Gasteiger partial charge is 0.247 e. The van der Waals surface area contributed by atoms with Gasteiger partial charge in [0.05, 0.1) is 35.4 Å². The summed E-state index contributed by atoms with van der Waals surface area (Å²) < 4.78 is 8.04. The Kier molecular flexibility index (Phi) is 7.91. The van der Waals surface area contributed by atoms with Crippen LogP contribution in [0.5, 0.6) is 5.75 Å². The average molecular weight is 554 g/mol. The van der Waals surface area contributed by atoms with Crippen LogP contribution >= 0.6 is 0 Å². The van der Waals surface area contributed by atoms with E-state index in [9.17, 15) is 9.59 Å². The molecule has 4 aromatic rings. The van der Waals surface area contributed by atoms with Gasteiger partial charge in [-0.2, -0.15) is 0 Å². The fraction of sp³-hybridized carbons (Fsp3) is 0.290. The van der Waals surface area contributed by atoms with Gasteiger partial charge in [-0.05, 0) is 36.6 Å². The molecule has 1 aliphatic rings. The number of aromatic nitrogens is 3. The minimum atomic E-state index is -0.344. The van der Waals surface area contributed by atoms with Crippen molar-refractivity contribution in [3.63, 3.8) is 0 Å². The third-order valence-electron chi connectivity index (χ3n) is 7.49. The summed E-state index contributed by atoms with van der Waals surface area (Å²) in [5.41, 5.74) is 6.39. The maximum absolute atomic E-state index is 12.3. The number of nitrogens with one attached hydrogen (secondary N) is 2. The molecule has 0 bridgehead atoms. The second kappa shape index (κ2) is 11.7. The van der Waals surface area contributed by atoms with Gasteiger partial charge in [0.15, 0.2) is 0 Å². The van der Waals surface area contributed by atoms with Gasteiger partial charge in [0, 0.05) is 70.1 Å². The number of aryl methyl sites for hydroxylation is 2. The van der Waals surface area contributed by atoms with Gasteiger partial charge in [-0.1, -0.05) is 24.8 Å². The van der Waals surface area contributed by atoms with Crippen LogP contribution in [0.15, 0.2) is 61.4 Å². The number of anilines is 4. The lowest BCUT2D eigenvalue weighted by molar-refractivity contribution is -0.127. The van der Waals surface area contributed by atoms with Gasteiger partial charge < -0.3 is 29.7 Å². The first-order valence-electron chi connectivity index (χ1n) is 13.6. The van der Waals surface area contributed by atoms with Crippen molar-refractivity contribution in [3.8, 4) is 17.0 Å². The van der Waals surface area contributed by atoms with E-state index in [4.69, 9.17) is 9.72 Å². The molecule has 212 valence electrons. The Morgan fingerprint density at radius 3 is 2.76 bits per heavy atom. The van der Waals surface area contributed by atoms with Crippen LogP contribution in [0, 0.1) is 0 Å². The quantitative estimate of drug-likeness (QED) is 0.271. The Morgan fingerprint density at radius 1 is 1.17 bits per heavy atom. The van der Waals surface area contributed by atoms with Crippen molar-refractivity contribution in [2.24, 2.45) is 0 Å². The highest BCUT2D eigenvalue weighted by Crippen LogP contribution is 2.39. The van der Waals surface area contributed by atoms with Crippen molar-refractivity contribution in [1.29, 1.82) is 0 Å². The topological polar surface area (TPSA) is 105 Å². The first-order valence-corrected chi connectivity index (χ1v) is 13.6. The SMILES string of the molecule is C=CC(=O)Nc1cc(Nc2nccc(-c3cn4c5c(cccc35)CCC4)n2)c(OC)cc1N(C)CCN(C)C(C)=O. The number of nitrogens with zero attached hydrogens (tertiary/aromatic N) is 5.